The maximum atomic E-state index is 13.3. The minimum Gasteiger partial charge on any atom is -0.394 e. The van der Waals surface area contributed by atoms with Crippen LogP contribution in [0.25, 0.3) is 0 Å². The van der Waals surface area contributed by atoms with E-state index in [0.29, 0.717) is 0 Å². The molecule has 150 heavy (non-hydrogen) atoms. The normalized spacial score (nSPS) is 52.1. The van der Waals surface area contributed by atoms with Crippen LogP contribution in [0.1, 0.15) is 13.8 Å². The number of carbonyl (C=O) groups excluding carboxylic acids is 2. The van der Waals surface area contributed by atoms with Crippen molar-refractivity contribution >= 4 is 11.8 Å². The smallest absolute Gasteiger partial charge is 0.217 e. The zero-order valence-corrected chi connectivity index (χ0v) is 79.2. The van der Waals surface area contributed by atoms with E-state index in [1.165, 1.54) is 0 Å². The van der Waals surface area contributed by atoms with E-state index in [4.69, 9.17) is 118 Å². The Morgan fingerprint density at radius 2 is 0.367 bits per heavy atom. The predicted molar refractivity (Wildman–Crippen MR) is 451 cm³/mol. The number of rotatable bonds is 39. The molecule has 13 fully saturated rings. The lowest BCUT2D eigenvalue weighted by Crippen LogP contribution is -2.70. The first-order valence-corrected chi connectivity index (χ1v) is 47.7. The number of amides is 2. The van der Waals surface area contributed by atoms with E-state index in [9.17, 15) is 209 Å². The van der Waals surface area contributed by atoms with Crippen LogP contribution < -0.4 is 10.6 Å². The van der Waals surface area contributed by atoms with Gasteiger partial charge in [-0.05, 0) is 0 Å². The largest absolute Gasteiger partial charge is 0.394 e. The summed E-state index contributed by atoms with van der Waals surface area (Å²) < 4.78 is 147. The Bertz CT molecular complexity index is 4070. The van der Waals surface area contributed by atoms with Gasteiger partial charge in [-0.15, -0.1) is 0 Å². The van der Waals surface area contributed by atoms with Crippen LogP contribution in [0.2, 0.25) is 0 Å². The van der Waals surface area contributed by atoms with Crippen LogP contribution in [0, 0.1) is 0 Å². The monoisotopic (exact) mass is 2210 g/mol. The Labute approximate surface area is 845 Å². The van der Waals surface area contributed by atoms with Gasteiger partial charge in [-0.2, -0.15) is 0 Å². The summed E-state index contributed by atoms with van der Waals surface area (Å²) in [5.41, 5.74) is 0. The lowest BCUT2D eigenvalue weighted by Gasteiger charge is -2.51. The van der Waals surface area contributed by atoms with Gasteiger partial charge < -0.3 is 328 Å². The molecule has 13 rings (SSSR count). The molecule has 0 aromatic heterocycles. The van der Waals surface area contributed by atoms with Crippen molar-refractivity contribution in [3.05, 3.63) is 0 Å². The molecule has 0 spiro atoms. The lowest BCUT2D eigenvalue weighted by molar-refractivity contribution is -0.412. The molecule has 872 valence electrons. The van der Waals surface area contributed by atoms with Gasteiger partial charge in [-0.1, -0.05) is 0 Å². The van der Waals surface area contributed by atoms with Crippen molar-refractivity contribution in [1.82, 2.24) is 10.6 Å². The third-order valence-electron chi connectivity index (χ3n) is 28.0. The quantitative estimate of drug-likeness (QED) is 0.0272. The lowest BCUT2D eigenvalue weighted by atomic mass is 9.94. The summed E-state index contributed by atoms with van der Waals surface area (Å²) in [5, 5.41) is 444. The molecule has 0 aliphatic carbocycles. The first kappa shape index (κ1) is 123. The topological polar surface area (TPSA) is 1080 Å². The van der Waals surface area contributed by atoms with Gasteiger partial charge in [0.1, 0.15) is 317 Å². The van der Waals surface area contributed by atoms with Crippen molar-refractivity contribution in [3.8, 4) is 0 Å². The van der Waals surface area contributed by atoms with Gasteiger partial charge in [0.05, 0.1) is 85.9 Å². The molecule has 41 N–H and O–H groups in total. The third-order valence-corrected chi connectivity index (χ3v) is 28.0. The van der Waals surface area contributed by atoms with Crippen molar-refractivity contribution in [3.63, 3.8) is 0 Å². The third kappa shape index (κ3) is 26.4. The highest BCUT2D eigenvalue weighted by atomic mass is 16.8. The summed E-state index contributed by atoms with van der Waals surface area (Å²) in [6.07, 6.45) is -143. The highest BCUT2D eigenvalue weighted by Crippen LogP contribution is 2.43. The Morgan fingerprint density at radius 1 is 0.173 bits per heavy atom. The van der Waals surface area contributed by atoms with E-state index >= 15 is 0 Å². The van der Waals surface area contributed by atoms with E-state index in [1.54, 1.807) is 0 Å². The van der Waals surface area contributed by atoms with Crippen molar-refractivity contribution < 1.29 is 327 Å². The van der Waals surface area contributed by atoms with Crippen molar-refractivity contribution in [2.75, 3.05) is 85.9 Å². The first-order valence-electron chi connectivity index (χ1n) is 47.7. The molecule has 2 amide bonds. The molecule has 0 unspecified atom stereocenters. The highest BCUT2D eigenvalue weighted by molar-refractivity contribution is 5.73. The Morgan fingerprint density at radius 3 is 0.720 bits per heavy atom. The van der Waals surface area contributed by atoms with E-state index in [2.05, 4.69) is 10.6 Å². The number of hydrogen-bond donors (Lipinski definition) is 41. The van der Waals surface area contributed by atoms with Crippen molar-refractivity contribution in [2.24, 2.45) is 0 Å². The van der Waals surface area contributed by atoms with E-state index in [0.717, 1.165) is 13.8 Å². The van der Waals surface area contributed by atoms with Gasteiger partial charge in [-0.3, -0.25) is 9.59 Å². The molecule has 0 radical (unpaired) electrons. The van der Waals surface area contributed by atoms with Crippen LogP contribution in [0.3, 0.4) is 0 Å². The molecule has 13 aliphatic rings. The summed E-state index contributed by atoms with van der Waals surface area (Å²) in [6, 6.07) is -3.84. The molecule has 0 aromatic carbocycles. The van der Waals surface area contributed by atoms with Gasteiger partial charge in [-0.25, -0.2) is 0 Å². The molecule has 0 aromatic rings. The number of ether oxygens (including phenoxy) is 25. The molecular weight excluding hydrogens is 2070 g/mol. The second-order valence-corrected chi connectivity index (χ2v) is 38.0. The van der Waals surface area contributed by atoms with Gasteiger partial charge >= 0.3 is 0 Å². The molecule has 68 nitrogen and oxygen atoms in total. The van der Waals surface area contributed by atoms with Gasteiger partial charge in [0, 0.05) is 13.8 Å². The van der Waals surface area contributed by atoms with Crippen molar-refractivity contribution in [1.29, 1.82) is 0 Å². The van der Waals surface area contributed by atoms with Gasteiger partial charge in [0.15, 0.2) is 81.8 Å². The first-order chi connectivity index (χ1) is 71.1. The number of aliphatic hydroxyl groups is 39. The van der Waals surface area contributed by atoms with E-state index in [1.807, 2.05) is 0 Å². The summed E-state index contributed by atoms with van der Waals surface area (Å²) in [5.74, 6) is -1.91. The molecule has 0 saturated carbocycles. The van der Waals surface area contributed by atoms with E-state index in [-0.39, 0.29) is 0 Å². The summed E-state index contributed by atoms with van der Waals surface area (Å²) in [4.78, 5) is 25.6. The van der Waals surface area contributed by atoms with E-state index < -0.39 is 497 Å². The SMILES string of the molecule is CC(=O)N[C@@H]1[C@@H](O)[C@H](O[C@@H]2O[C@H](CO)[C@@H](O[C@@H]3O[C@H](CO[C@H]4O[C@H](CO[C@H]5O[C@H](CO)[C@@H](O)[C@H](O)[C@@H]5O[C@H]5O[C@H](CO)[C@@H](O)[C@H](O[C@H]6O[C@H](CO)[C@@H](O)[C@H](O)[C@@H]6O)[C@@H]5O)[C@@H](O)[C@H](O[C@H]5O[C@H](CO)[C@@H](O)[C@H](O)[C@@H]5O)[C@@H]4O)[C@@H](O)[C@H](O[C@H]4O[C@H](CO[C@H]5O[C@H](CO)[C@@H](O)[C@H](O)[C@@H]5O)[C@@H](O)[C@H](O)[C@@H]4O[C@H]4O[C@H](CO)[C@@H](O)[C@H](O)[C@@H]4O[C@H]4O[C@H](CO)[C@@H](O)[C@H](O[C@H]5O[C@H](CO)[C@@H](O)[C@H](O)[C@@H]5O)[C@@H]4O)[C@@H]3O)[C@H](O)[C@H]2NC(C)=O)[C@@H](CO)O[C@H]1O. The minimum absolute atomic E-state index is 0.859. The number of aliphatic hydroxyl groups excluding tert-OH is 39. The van der Waals surface area contributed by atoms with Crippen LogP contribution in [0.15, 0.2) is 0 Å². The number of hydrogen-bond acceptors (Lipinski definition) is 66. The van der Waals surface area contributed by atoms with Gasteiger partial charge in [0.25, 0.3) is 0 Å². The molecule has 0 bridgehead atoms. The van der Waals surface area contributed by atoms with Crippen LogP contribution in [-0.4, -0.2) is 696 Å². The van der Waals surface area contributed by atoms with Crippen LogP contribution in [0.4, 0.5) is 0 Å². The van der Waals surface area contributed by atoms with Crippen LogP contribution >= 0.6 is 0 Å². The molecule has 13 aliphatic heterocycles. The number of nitrogens with one attached hydrogen (secondary N) is 2. The Hall–Kier alpha value is -3.62. The zero-order valence-electron chi connectivity index (χ0n) is 79.2. The minimum atomic E-state index is -2.84. The molecule has 13 heterocycles. The fourth-order valence-electron chi connectivity index (χ4n) is 19.3. The Kier molecular flexibility index (Phi) is 44.2. The second kappa shape index (κ2) is 53.8. The maximum absolute atomic E-state index is 13.3. The average molecular weight is 2210 g/mol. The molecule has 65 atom stereocenters. The fourth-order valence-corrected chi connectivity index (χ4v) is 19.3. The highest BCUT2D eigenvalue weighted by Gasteiger charge is 2.64. The van der Waals surface area contributed by atoms with Crippen LogP contribution in [0.5, 0.6) is 0 Å². The summed E-state index contributed by atoms with van der Waals surface area (Å²) >= 11 is 0. The van der Waals surface area contributed by atoms with Gasteiger partial charge in [0.2, 0.25) is 11.8 Å². The fraction of sp³-hybridized carbons (Fsp3) is 0.976. The van der Waals surface area contributed by atoms with Crippen molar-refractivity contribution in [2.45, 2.75) is 413 Å². The second-order valence-electron chi connectivity index (χ2n) is 38.0. The predicted octanol–water partition coefficient (Wildman–Crippen LogP) is -29.0. The van der Waals surface area contributed by atoms with Crippen LogP contribution in [-0.2, 0) is 128 Å². The molecule has 68 heteroatoms. The molecular formula is C82H138N2O66. The standard InChI is InChI=1S/C82H138N2O66/c1-16(95)83-31-44(108)61(26(11-93)129-70(31)125)142-71-32(84-17(2)96)45(109)62(27(12-94)138-71)143-79-60(124)66(147-82-69(52(116)39(103)28(141-82)13-126-72-53(117)46(110)33(97)18(3-85)130-72)150-81-68(51(115)38(102)23(8-90)137-81)149-78-59(123)64(41(105)25(10-92)135-78)145-75-55(119)48(112)35(99)20(5-87)132-75)43(107)30(140-79)14-127-73-57(121)65(146-76-56(120)49(113)36(100)21(6-88)133-76)42(106)29(139-73)15-128-80-67(50(114)37(101)22(7-89)136-80)148-77-58(122)63(40(104)24(9-91)134-77)144-74-54(118)47(111)34(98)19(4-86)131-74/h18-82,85-94,97-125H,3-15H2,1-2H3,(H,83,95)(H,84,96)/t18-,19-,20-,21-,22-,23-,24-,25-,26-,27-,28-,29-,30-,31-,32-,33-,34-,35-,36-,37-,38-,39-,40-,41-,42-,43-,44-,45-,46+,47+,48+,49+,50+,51+,52+,53+,54+,55+,56+,57+,58+,59+,60+,61-,62-,63+,64+,65+,66+,67+,68+,69+,70-,71+,72+,73+,74-,75-,76-,77-,78-,79+,80+,81-,82-/m1/s1. The average Bonchev–Trinajstić information content (AvgIpc) is 0.770. The number of carbonyl (C=O) groups is 2. The summed E-state index contributed by atoms with van der Waals surface area (Å²) in [6.45, 7) is -13.7. The molecule has 13 saturated heterocycles. The zero-order chi connectivity index (χ0) is 110. The Balaban J connectivity index is 0.862. The maximum Gasteiger partial charge on any atom is 0.217 e. The summed E-state index contributed by atoms with van der Waals surface area (Å²) in [7, 11) is 0.